The Labute approximate surface area is 53.3 Å². The molecular formula is C5H10O2S. The second kappa shape index (κ2) is 5.12. The van der Waals surface area contributed by atoms with Gasteiger partial charge in [-0.15, -0.1) is 0 Å². The van der Waals surface area contributed by atoms with Crippen LogP contribution in [0.5, 0.6) is 0 Å². The first kappa shape index (κ1) is 7.98. The van der Waals surface area contributed by atoms with Crippen LogP contribution in [0.1, 0.15) is 0 Å². The first-order chi connectivity index (χ1) is 3.85. The van der Waals surface area contributed by atoms with Crippen molar-refractivity contribution in [3.63, 3.8) is 0 Å². The summed E-state index contributed by atoms with van der Waals surface area (Å²) in [6.07, 6.45) is 2.70. The molecule has 3 heteroatoms. The number of carbonyl (C=O) groups is 1. The van der Waals surface area contributed by atoms with Crippen LogP contribution in [0.3, 0.4) is 0 Å². The molecule has 0 spiro atoms. The molecule has 2 nitrogen and oxygen atoms in total. The van der Waals surface area contributed by atoms with Crippen molar-refractivity contribution in [3.05, 3.63) is 0 Å². The van der Waals surface area contributed by atoms with Gasteiger partial charge in [0.1, 0.15) is 6.29 Å². The highest BCUT2D eigenvalue weighted by Gasteiger charge is 2.01. The van der Waals surface area contributed by atoms with Crippen molar-refractivity contribution in [1.82, 2.24) is 0 Å². The molecule has 48 valence electrons. The maximum absolute atomic E-state index is 9.95. The quantitative estimate of drug-likeness (QED) is 0.556. The molecule has 1 N–H and O–H groups in total. The summed E-state index contributed by atoms with van der Waals surface area (Å²) in [5.74, 6) is 0.560. The molecule has 0 saturated heterocycles. The minimum absolute atomic E-state index is 0.0235. The summed E-state index contributed by atoms with van der Waals surface area (Å²) in [6, 6.07) is 0. The number of aldehydes is 1. The maximum Gasteiger partial charge on any atom is 0.126 e. The third-order valence-electron chi connectivity index (χ3n) is 0.808. The van der Waals surface area contributed by atoms with Crippen molar-refractivity contribution < 1.29 is 9.90 Å². The molecule has 0 fully saturated rings. The Morgan fingerprint density at radius 3 is 2.62 bits per heavy atom. The fourth-order valence-corrected chi connectivity index (χ4v) is 0.961. The number of rotatable bonds is 4. The van der Waals surface area contributed by atoms with Crippen LogP contribution in [0.25, 0.3) is 0 Å². The van der Waals surface area contributed by atoms with E-state index in [9.17, 15) is 4.79 Å². The summed E-state index contributed by atoms with van der Waals surface area (Å²) in [5, 5.41) is 8.41. The van der Waals surface area contributed by atoms with Crippen LogP contribution in [0.15, 0.2) is 0 Å². The van der Waals surface area contributed by atoms with Crippen LogP contribution in [0.2, 0.25) is 0 Å². The lowest BCUT2D eigenvalue weighted by molar-refractivity contribution is -0.111. The van der Waals surface area contributed by atoms with Gasteiger partial charge in [-0.1, -0.05) is 0 Å². The second-order valence-corrected chi connectivity index (χ2v) is 2.44. The summed E-state index contributed by atoms with van der Waals surface area (Å²) in [4.78, 5) is 9.95. The number of thioether (sulfide) groups is 1. The molecule has 8 heavy (non-hydrogen) atoms. The van der Waals surface area contributed by atoms with Gasteiger partial charge in [-0.05, 0) is 6.26 Å². The standard InChI is InChI=1S/C5H10O2S/c1-8-4-5(2-6)3-7/h2,5,7H,3-4H2,1H3. The Balaban J connectivity index is 3.21. The predicted octanol–water partition coefficient (Wildman–Crippen LogP) is 0.157. The van der Waals surface area contributed by atoms with Crippen molar-refractivity contribution in [2.45, 2.75) is 0 Å². The number of carbonyl (C=O) groups excluding carboxylic acids is 1. The average molecular weight is 134 g/mol. The van der Waals surface area contributed by atoms with Crippen LogP contribution in [0, 0.1) is 5.92 Å². The molecule has 0 aromatic rings. The second-order valence-electron chi connectivity index (χ2n) is 1.53. The highest BCUT2D eigenvalue weighted by Crippen LogP contribution is 2.00. The van der Waals surface area contributed by atoms with Gasteiger partial charge >= 0.3 is 0 Å². The number of hydrogen-bond donors (Lipinski definition) is 1. The average Bonchev–Trinajstić information content (AvgIpc) is 1.83. The fraction of sp³-hybridized carbons (Fsp3) is 0.800. The summed E-state index contributed by atoms with van der Waals surface area (Å²) in [6.45, 7) is -0.0235. The fourth-order valence-electron chi connectivity index (χ4n) is 0.349. The molecule has 0 saturated carbocycles. The van der Waals surface area contributed by atoms with Gasteiger partial charge in [-0.2, -0.15) is 11.8 Å². The molecule has 0 aliphatic rings. The van der Waals surface area contributed by atoms with Crippen molar-refractivity contribution in [1.29, 1.82) is 0 Å². The largest absolute Gasteiger partial charge is 0.396 e. The highest BCUT2D eigenvalue weighted by atomic mass is 32.2. The topological polar surface area (TPSA) is 37.3 Å². The zero-order valence-electron chi connectivity index (χ0n) is 4.83. The van der Waals surface area contributed by atoms with Gasteiger partial charge in [0.05, 0.1) is 6.61 Å². The van der Waals surface area contributed by atoms with E-state index in [4.69, 9.17) is 5.11 Å². The lowest BCUT2D eigenvalue weighted by Gasteiger charge is -2.00. The number of hydrogen-bond acceptors (Lipinski definition) is 3. The Bertz CT molecular complexity index is 65.4. The molecule has 0 aliphatic heterocycles. The molecule has 0 aliphatic carbocycles. The van der Waals surface area contributed by atoms with Crippen LogP contribution >= 0.6 is 11.8 Å². The Morgan fingerprint density at radius 2 is 2.50 bits per heavy atom. The molecule has 1 unspecified atom stereocenters. The van der Waals surface area contributed by atoms with Gasteiger partial charge in [0, 0.05) is 11.7 Å². The van der Waals surface area contributed by atoms with Gasteiger partial charge in [-0.3, -0.25) is 0 Å². The third-order valence-corrected chi connectivity index (χ3v) is 1.57. The van der Waals surface area contributed by atoms with E-state index in [0.29, 0.717) is 0 Å². The summed E-state index contributed by atoms with van der Waals surface area (Å²) < 4.78 is 0. The molecule has 0 radical (unpaired) electrons. The van der Waals surface area contributed by atoms with E-state index in [2.05, 4.69) is 0 Å². The highest BCUT2D eigenvalue weighted by molar-refractivity contribution is 7.98. The van der Waals surface area contributed by atoms with Gasteiger partial charge in [0.2, 0.25) is 0 Å². The molecule has 0 heterocycles. The molecular weight excluding hydrogens is 124 g/mol. The molecule has 0 aromatic carbocycles. The smallest absolute Gasteiger partial charge is 0.126 e. The van der Waals surface area contributed by atoms with E-state index >= 15 is 0 Å². The molecule has 0 amide bonds. The maximum atomic E-state index is 9.95. The van der Waals surface area contributed by atoms with E-state index in [1.54, 1.807) is 11.8 Å². The predicted molar refractivity (Wildman–Crippen MR) is 35.0 cm³/mol. The van der Waals surface area contributed by atoms with Gasteiger partial charge in [0.15, 0.2) is 0 Å². The van der Waals surface area contributed by atoms with Crippen LogP contribution in [-0.4, -0.2) is 30.0 Å². The number of aliphatic hydroxyl groups is 1. The Hall–Kier alpha value is -0.0200. The minimum Gasteiger partial charge on any atom is -0.396 e. The van der Waals surface area contributed by atoms with E-state index in [1.165, 1.54) is 0 Å². The molecule has 1 atom stereocenters. The van der Waals surface area contributed by atoms with Crippen molar-refractivity contribution >= 4 is 18.0 Å². The first-order valence-electron chi connectivity index (χ1n) is 2.40. The third kappa shape index (κ3) is 3.04. The van der Waals surface area contributed by atoms with Crippen LogP contribution in [-0.2, 0) is 4.79 Å². The summed E-state index contributed by atoms with van der Waals surface area (Å²) in [5.41, 5.74) is 0. The van der Waals surface area contributed by atoms with E-state index in [1.807, 2.05) is 6.26 Å². The number of aliphatic hydroxyl groups excluding tert-OH is 1. The molecule has 0 aromatic heterocycles. The zero-order chi connectivity index (χ0) is 6.41. The normalized spacial score (nSPS) is 13.2. The van der Waals surface area contributed by atoms with Crippen molar-refractivity contribution in [3.8, 4) is 0 Å². The lowest BCUT2D eigenvalue weighted by Crippen LogP contribution is -2.09. The Kier molecular flexibility index (Phi) is 5.11. The molecule has 0 rings (SSSR count). The lowest BCUT2D eigenvalue weighted by atomic mass is 10.2. The van der Waals surface area contributed by atoms with Crippen molar-refractivity contribution in [2.24, 2.45) is 5.92 Å². The van der Waals surface area contributed by atoms with Crippen molar-refractivity contribution in [2.75, 3.05) is 18.6 Å². The summed E-state index contributed by atoms with van der Waals surface area (Å²) >= 11 is 1.57. The van der Waals surface area contributed by atoms with Crippen LogP contribution in [0.4, 0.5) is 0 Å². The van der Waals surface area contributed by atoms with E-state index < -0.39 is 0 Å². The van der Waals surface area contributed by atoms with Crippen LogP contribution < -0.4 is 0 Å². The van der Waals surface area contributed by atoms with Gasteiger partial charge in [-0.25, -0.2) is 0 Å². The monoisotopic (exact) mass is 134 g/mol. The van der Waals surface area contributed by atoms with Gasteiger partial charge in [0.25, 0.3) is 0 Å². The van der Waals surface area contributed by atoms with Gasteiger partial charge < -0.3 is 9.90 Å². The van der Waals surface area contributed by atoms with E-state index in [0.717, 1.165) is 12.0 Å². The SMILES string of the molecule is CSCC(C=O)CO. The Morgan fingerprint density at radius 1 is 1.88 bits per heavy atom. The zero-order valence-corrected chi connectivity index (χ0v) is 5.65. The first-order valence-corrected chi connectivity index (χ1v) is 3.79. The minimum atomic E-state index is -0.162. The summed E-state index contributed by atoms with van der Waals surface area (Å²) in [7, 11) is 0. The van der Waals surface area contributed by atoms with E-state index in [-0.39, 0.29) is 12.5 Å². The molecule has 0 bridgehead atoms.